The van der Waals surface area contributed by atoms with Crippen molar-refractivity contribution in [2.24, 2.45) is 0 Å². The molecule has 0 saturated heterocycles. The van der Waals surface area contributed by atoms with E-state index in [9.17, 15) is 0 Å². The first-order valence-electron chi connectivity index (χ1n) is 6.89. The van der Waals surface area contributed by atoms with E-state index in [1.807, 2.05) is 24.3 Å². The molecule has 0 aromatic heterocycles. The number of hydrogen-bond donors (Lipinski definition) is 1. The number of nitrogens with one attached hydrogen (secondary N) is 1. The summed E-state index contributed by atoms with van der Waals surface area (Å²) in [6.07, 6.45) is 0. The van der Waals surface area contributed by atoms with E-state index >= 15 is 0 Å². The minimum Gasteiger partial charge on any atom is -0.382 e. The van der Waals surface area contributed by atoms with E-state index in [1.165, 1.54) is 11.3 Å². The summed E-state index contributed by atoms with van der Waals surface area (Å²) >= 11 is 0. The molecule has 2 aromatic carbocycles. The van der Waals surface area contributed by atoms with Gasteiger partial charge in [-0.05, 0) is 30.7 Å². The zero-order valence-electron chi connectivity index (χ0n) is 11.5. The molecule has 1 heterocycles. The van der Waals surface area contributed by atoms with Gasteiger partial charge in [0, 0.05) is 13.1 Å². The Bertz CT molecular complexity index is 643. The first-order valence-corrected chi connectivity index (χ1v) is 6.89. The van der Waals surface area contributed by atoms with Crippen molar-refractivity contribution in [1.29, 1.82) is 5.26 Å². The van der Waals surface area contributed by atoms with E-state index in [0.717, 1.165) is 18.8 Å². The maximum atomic E-state index is 9.00. The Morgan fingerprint density at radius 3 is 2.75 bits per heavy atom. The Labute approximate surface area is 119 Å². The number of anilines is 2. The van der Waals surface area contributed by atoms with E-state index in [-0.39, 0.29) is 0 Å². The number of hydrogen-bond acceptors (Lipinski definition) is 3. The lowest BCUT2D eigenvalue weighted by Gasteiger charge is -2.37. The Morgan fingerprint density at radius 1 is 1.20 bits per heavy atom. The van der Waals surface area contributed by atoms with Gasteiger partial charge in [0.05, 0.1) is 29.0 Å². The maximum Gasteiger partial charge on any atom is 0.0992 e. The molecule has 0 aliphatic carbocycles. The van der Waals surface area contributed by atoms with E-state index in [0.29, 0.717) is 11.6 Å². The van der Waals surface area contributed by atoms with Crippen LogP contribution < -0.4 is 10.2 Å². The Morgan fingerprint density at radius 2 is 2.00 bits per heavy atom. The van der Waals surface area contributed by atoms with E-state index in [4.69, 9.17) is 5.26 Å². The van der Waals surface area contributed by atoms with Crippen molar-refractivity contribution in [1.82, 2.24) is 0 Å². The third-order valence-electron chi connectivity index (χ3n) is 3.85. The molecule has 0 spiro atoms. The van der Waals surface area contributed by atoms with Gasteiger partial charge in [-0.1, -0.05) is 30.3 Å². The van der Waals surface area contributed by atoms with E-state index in [2.05, 4.69) is 47.5 Å². The van der Waals surface area contributed by atoms with Crippen LogP contribution in [0.3, 0.4) is 0 Å². The highest BCUT2D eigenvalue weighted by Gasteiger charge is 2.22. The molecule has 100 valence electrons. The van der Waals surface area contributed by atoms with Gasteiger partial charge in [0.2, 0.25) is 0 Å². The molecule has 1 unspecified atom stereocenters. The third-order valence-corrected chi connectivity index (χ3v) is 3.85. The van der Waals surface area contributed by atoms with Crippen LogP contribution in [0.2, 0.25) is 0 Å². The van der Waals surface area contributed by atoms with Gasteiger partial charge in [-0.2, -0.15) is 5.26 Å². The fraction of sp³-hybridized carbons (Fsp3) is 0.235. The van der Waals surface area contributed by atoms with Crippen molar-refractivity contribution in [3.8, 4) is 6.07 Å². The predicted molar refractivity (Wildman–Crippen MR) is 81.8 cm³/mol. The number of fused-ring (bicyclic) bond motifs is 1. The molecular weight excluding hydrogens is 246 g/mol. The predicted octanol–water partition coefficient (Wildman–Crippen LogP) is 3.55. The van der Waals surface area contributed by atoms with Crippen molar-refractivity contribution in [3.63, 3.8) is 0 Å². The van der Waals surface area contributed by atoms with Gasteiger partial charge in [-0.3, -0.25) is 0 Å². The normalized spacial score (nSPS) is 14.9. The topological polar surface area (TPSA) is 39.1 Å². The molecule has 20 heavy (non-hydrogen) atoms. The molecule has 3 nitrogen and oxygen atoms in total. The average Bonchev–Trinajstić information content (AvgIpc) is 2.54. The van der Waals surface area contributed by atoms with Gasteiger partial charge in [-0.25, -0.2) is 0 Å². The first-order chi connectivity index (χ1) is 9.79. The Kier molecular flexibility index (Phi) is 3.30. The van der Waals surface area contributed by atoms with Crippen LogP contribution in [0, 0.1) is 11.3 Å². The van der Waals surface area contributed by atoms with Crippen molar-refractivity contribution in [2.45, 2.75) is 13.0 Å². The minimum atomic E-state index is 0.324. The summed E-state index contributed by atoms with van der Waals surface area (Å²) < 4.78 is 0. The molecule has 0 radical (unpaired) electrons. The standard InChI is InChI=1S/C17H17N3/c1-13(15-5-3-2-4-6-15)20-10-9-19-16-11-14(12-18)7-8-17(16)20/h2-8,11,13,19H,9-10H2,1H3. The lowest BCUT2D eigenvalue weighted by Crippen LogP contribution is -2.36. The number of rotatable bonds is 2. The second kappa shape index (κ2) is 5.26. The quantitative estimate of drug-likeness (QED) is 0.900. The van der Waals surface area contributed by atoms with Gasteiger partial charge < -0.3 is 10.2 Å². The van der Waals surface area contributed by atoms with Crippen LogP contribution in [-0.4, -0.2) is 13.1 Å². The molecule has 3 heteroatoms. The van der Waals surface area contributed by atoms with Crippen LogP contribution in [0.15, 0.2) is 48.5 Å². The summed E-state index contributed by atoms with van der Waals surface area (Å²) in [6, 6.07) is 18.9. The highest BCUT2D eigenvalue weighted by molar-refractivity contribution is 5.74. The van der Waals surface area contributed by atoms with Crippen LogP contribution in [0.5, 0.6) is 0 Å². The highest BCUT2D eigenvalue weighted by atomic mass is 15.2. The molecule has 1 atom stereocenters. The average molecular weight is 263 g/mol. The van der Waals surface area contributed by atoms with Crippen molar-refractivity contribution >= 4 is 11.4 Å². The second-order valence-corrected chi connectivity index (χ2v) is 5.05. The van der Waals surface area contributed by atoms with E-state index in [1.54, 1.807) is 0 Å². The zero-order chi connectivity index (χ0) is 13.9. The van der Waals surface area contributed by atoms with Crippen LogP contribution in [-0.2, 0) is 0 Å². The number of benzene rings is 2. The smallest absolute Gasteiger partial charge is 0.0992 e. The second-order valence-electron chi connectivity index (χ2n) is 5.05. The third kappa shape index (κ3) is 2.21. The Balaban J connectivity index is 1.96. The molecule has 1 aliphatic rings. The molecule has 2 aromatic rings. The molecule has 3 rings (SSSR count). The van der Waals surface area contributed by atoms with Crippen LogP contribution in [0.1, 0.15) is 24.1 Å². The molecule has 0 amide bonds. The SMILES string of the molecule is CC(c1ccccc1)N1CCNc2cc(C#N)ccc21. The van der Waals surface area contributed by atoms with Gasteiger partial charge in [0.25, 0.3) is 0 Å². The first kappa shape index (κ1) is 12.6. The fourth-order valence-corrected chi connectivity index (χ4v) is 2.74. The van der Waals surface area contributed by atoms with E-state index < -0.39 is 0 Å². The van der Waals surface area contributed by atoms with Crippen LogP contribution >= 0.6 is 0 Å². The maximum absolute atomic E-state index is 9.00. The lowest BCUT2D eigenvalue weighted by molar-refractivity contribution is 0.668. The van der Waals surface area contributed by atoms with Gasteiger partial charge in [0.15, 0.2) is 0 Å². The largest absolute Gasteiger partial charge is 0.382 e. The minimum absolute atomic E-state index is 0.324. The fourth-order valence-electron chi connectivity index (χ4n) is 2.74. The number of nitrogens with zero attached hydrogens (tertiary/aromatic N) is 2. The summed E-state index contributed by atoms with van der Waals surface area (Å²) in [5.74, 6) is 0. The summed E-state index contributed by atoms with van der Waals surface area (Å²) in [5.41, 5.74) is 4.24. The highest BCUT2D eigenvalue weighted by Crippen LogP contribution is 2.35. The van der Waals surface area contributed by atoms with Gasteiger partial charge in [0.1, 0.15) is 0 Å². The molecular formula is C17H17N3. The van der Waals surface area contributed by atoms with Crippen LogP contribution in [0.4, 0.5) is 11.4 Å². The molecule has 1 N–H and O–H groups in total. The van der Waals surface area contributed by atoms with Crippen LogP contribution in [0.25, 0.3) is 0 Å². The summed E-state index contributed by atoms with van der Waals surface area (Å²) in [5, 5.41) is 12.4. The Hall–Kier alpha value is -2.47. The molecule has 0 saturated carbocycles. The van der Waals surface area contributed by atoms with Gasteiger partial charge >= 0.3 is 0 Å². The lowest BCUT2D eigenvalue weighted by atomic mass is 10.0. The molecule has 0 fully saturated rings. The van der Waals surface area contributed by atoms with Gasteiger partial charge in [-0.15, -0.1) is 0 Å². The van der Waals surface area contributed by atoms with Crippen molar-refractivity contribution in [2.75, 3.05) is 23.3 Å². The monoisotopic (exact) mass is 263 g/mol. The summed E-state index contributed by atoms with van der Waals surface area (Å²) in [7, 11) is 0. The molecule has 0 bridgehead atoms. The molecule has 1 aliphatic heterocycles. The summed E-state index contributed by atoms with van der Waals surface area (Å²) in [4.78, 5) is 2.39. The summed E-state index contributed by atoms with van der Waals surface area (Å²) in [6.45, 7) is 4.09. The zero-order valence-corrected chi connectivity index (χ0v) is 11.5. The number of nitriles is 1. The van der Waals surface area contributed by atoms with Crippen molar-refractivity contribution < 1.29 is 0 Å². The van der Waals surface area contributed by atoms with Crippen molar-refractivity contribution in [3.05, 3.63) is 59.7 Å².